The molecular weight excluding hydrogens is 440 g/mol. The number of aromatic amines is 1. The second-order valence-electron chi connectivity index (χ2n) is 7.66. The van der Waals surface area contributed by atoms with E-state index in [-0.39, 0.29) is 35.6 Å². The minimum atomic E-state index is -0.379. The van der Waals surface area contributed by atoms with Crippen LogP contribution in [0.3, 0.4) is 0 Å². The van der Waals surface area contributed by atoms with Gasteiger partial charge in [-0.2, -0.15) is 5.10 Å². The van der Waals surface area contributed by atoms with E-state index in [4.69, 9.17) is 0 Å². The van der Waals surface area contributed by atoms with E-state index < -0.39 is 0 Å². The molecule has 0 radical (unpaired) electrons. The lowest BCUT2D eigenvalue weighted by atomic mass is 10.2. The number of hydrogen-bond donors (Lipinski definition) is 2. The van der Waals surface area contributed by atoms with E-state index in [2.05, 4.69) is 20.4 Å². The molecule has 0 bridgehead atoms. The van der Waals surface area contributed by atoms with Crippen molar-refractivity contribution in [1.29, 1.82) is 0 Å². The smallest absolute Gasteiger partial charge is 0.263 e. The first kappa shape index (κ1) is 21.0. The Labute approximate surface area is 192 Å². The summed E-state index contributed by atoms with van der Waals surface area (Å²) in [5, 5.41) is 8.51. The number of nitrogens with one attached hydrogen (secondary N) is 2. The Hall–Kier alpha value is -3.92. The molecule has 0 unspecified atom stereocenters. The second-order valence-corrected chi connectivity index (χ2v) is 8.63. The molecule has 1 aliphatic rings. The zero-order valence-electron chi connectivity index (χ0n) is 17.7. The van der Waals surface area contributed by atoms with Gasteiger partial charge >= 0.3 is 0 Å². The molecule has 9 nitrogen and oxygen atoms in total. The van der Waals surface area contributed by atoms with Gasteiger partial charge in [0, 0.05) is 12.5 Å². The average molecular weight is 461 g/mol. The third-order valence-corrected chi connectivity index (χ3v) is 6.25. The predicted molar refractivity (Wildman–Crippen MR) is 127 cm³/mol. The minimum absolute atomic E-state index is 0.0658. The third-order valence-electron chi connectivity index (χ3n) is 5.30. The van der Waals surface area contributed by atoms with Gasteiger partial charge in [0.25, 0.3) is 5.56 Å². The summed E-state index contributed by atoms with van der Waals surface area (Å²) in [5.74, 6) is -0.718. The maximum absolute atomic E-state index is 13.2. The summed E-state index contributed by atoms with van der Waals surface area (Å²) in [7, 11) is 0. The number of rotatable bonds is 4. The van der Waals surface area contributed by atoms with Crippen molar-refractivity contribution in [3.05, 3.63) is 71.3 Å². The number of para-hydroxylation sites is 3. The zero-order valence-corrected chi connectivity index (χ0v) is 18.5. The summed E-state index contributed by atoms with van der Waals surface area (Å²) in [6.07, 6.45) is 1.52. The number of aromatic nitrogens is 4. The Kier molecular flexibility index (Phi) is 5.43. The van der Waals surface area contributed by atoms with Gasteiger partial charge in [0.1, 0.15) is 10.4 Å². The fourth-order valence-corrected chi connectivity index (χ4v) is 4.70. The molecule has 4 aromatic rings. The topological polar surface area (TPSA) is 113 Å². The SMILES string of the molecule is C[C@H]1CC(=O)N(C(=O)CSc2nn(-c3ccccc3)c3nc[nH]c(=O)c23)c2ccccc2N1. The molecule has 33 heavy (non-hydrogen) atoms. The maximum atomic E-state index is 13.2. The molecule has 2 aromatic carbocycles. The molecule has 3 heterocycles. The van der Waals surface area contributed by atoms with E-state index in [1.807, 2.05) is 49.4 Å². The van der Waals surface area contributed by atoms with Crippen LogP contribution < -0.4 is 15.8 Å². The number of anilines is 2. The van der Waals surface area contributed by atoms with Gasteiger partial charge in [-0.25, -0.2) is 14.6 Å². The number of carbonyl (C=O) groups is 2. The van der Waals surface area contributed by atoms with Crippen LogP contribution in [0.15, 0.2) is 70.7 Å². The fourth-order valence-electron chi connectivity index (χ4n) is 3.84. The number of H-pyrrole nitrogens is 1. The Balaban J connectivity index is 1.48. The first-order chi connectivity index (χ1) is 16.0. The first-order valence-electron chi connectivity index (χ1n) is 10.4. The van der Waals surface area contributed by atoms with Crippen LogP contribution in [0.2, 0.25) is 0 Å². The summed E-state index contributed by atoms with van der Waals surface area (Å²) in [5.41, 5.74) is 2.06. The molecule has 0 saturated carbocycles. The summed E-state index contributed by atoms with van der Waals surface area (Å²) in [6, 6.07) is 16.5. The lowest BCUT2D eigenvalue weighted by Crippen LogP contribution is -2.38. The van der Waals surface area contributed by atoms with Crippen LogP contribution in [0.4, 0.5) is 11.4 Å². The van der Waals surface area contributed by atoms with E-state index >= 15 is 0 Å². The Morgan fingerprint density at radius 1 is 1.12 bits per heavy atom. The number of imide groups is 1. The van der Waals surface area contributed by atoms with Gasteiger partial charge in [-0.1, -0.05) is 42.1 Å². The van der Waals surface area contributed by atoms with Gasteiger partial charge in [0.2, 0.25) is 11.8 Å². The van der Waals surface area contributed by atoms with Crippen LogP contribution in [-0.2, 0) is 9.59 Å². The van der Waals surface area contributed by atoms with Crippen LogP contribution in [0.25, 0.3) is 16.7 Å². The third kappa shape index (κ3) is 3.89. The number of benzene rings is 2. The van der Waals surface area contributed by atoms with Crippen molar-refractivity contribution in [2.75, 3.05) is 16.0 Å². The van der Waals surface area contributed by atoms with Crippen LogP contribution in [0, 0.1) is 0 Å². The largest absolute Gasteiger partial charge is 0.380 e. The lowest BCUT2D eigenvalue weighted by molar-refractivity contribution is -0.125. The molecule has 10 heteroatoms. The van der Waals surface area contributed by atoms with Crippen LogP contribution >= 0.6 is 11.8 Å². The monoisotopic (exact) mass is 460 g/mol. The highest BCUT2D eigenvalue weighted by Crippen LogP contribution is 2.32. The normalized spacial score (nSPS) is 15.7. The molecule has 0 fully saturated rings. The van der Waals surface area contributed by atoms with Crippen molar-refractivity contribution < 1.29 is 9.59 Å². The molecule has 1 atom stereocenters. The van der Waals surface area contributed by atoms with Crippen LogP contribution in [0.1, 0.15) is 13.3 Å². The Bertz CT molecular complexity index is 1410. The molecule has 0 aliphatic carbocycles. The summed E-state index contributed by atoms with van der Waals surface area (Å²) in [4.78, 5) is 46.7. The standard InChI is InChI=1S/C23H20N6O3S/c1-14-11-18(30)28(17-10-6-5-9-16(17)26-14)19(31)12-33-23-20-21(24-13-25-22(20)32)29(27-23)15-7-3-2-4-8-15/h2-10,13-14,26H,11-12H2,1H3,(H,24,25,32)/t14-/m0/s1. The highest BCUT2D eigenvalue weighted by molar-refractivity contribution is 8.00. The molecule has 1 aliphatic heterocycles. The van der Waals surface area contributed by atoms with E-state index in [0.29, 0.717) is 21.7 Å². The number of carbonyl (C=O) groups excluding carboxylic acids is 2. The van der Waals surface area contributed by atoms with Crippen LogP contribution in [0.5, 0.6) is 0 Å². The van der Waals surface area contributed by atoms with Crippen molar-refractivity contribution in [1.82, 2.24) is 19.7 Å². The van der Waals surface area contributed by atoms with E-state index in [1.54, 1.807) is 16.8 Å². The average Bonchev–Trinajstić information content (AvgIpc) is 3.13. The number of nitrogens with zero attached hydrogens (tertiary/aromatic N) is 4. The quantitative estimate of drug-likeness (QED) is 0.450. The summed E-state index contributed by atoms with van der Waals surface area (Å²) >= 11 is 1.11. The van der Waals surface area contributed by atoms with E-state index in [9.17, 15) is 14.4 Å². The Morgan fingerprint density at radius 2 is 1.88 bits per heavy atom. The van der Waals surface area contributed by atoms with Crippen molar-refractivity contribution in [3.8, 4) is 5.69 Å². The molecule has 2 N–H and O–H groups in total. The molecule has 166 valence electrons. The van der Waals surface area contributed by atoms with Crippen molar-refractivity contribution >= 4 is 46.0 Å². The minimum Gasteiger partial charge on any atom is -0.380 e. The first-order valence-corrected chi connectivity index (χ1v) is 11.4. The van der Waals surface area contributed by atoms with Gasteiger partial charge in [-0.05, 0) is 31.2 Å². The lowest BCUT2D eigenvalue weighted by Gasteiger charge is -2.20. The van der Waals surface area contributed by atoms with Crippen LogP contribution in [-0.4, -0.2) is 43.4 Å². The summed E-state index contributed by atoms with van der Waals surface area (Å²) in [6.45, 7) is 1.90. The second kappa shape index (κ2) is 8.55. The highest BCUT2D eigenvalue weighted by Gasteiger charge is 2.30. The van der Waals surface area contributed by atoms with Gasteiger partial charge in [0.15, 0.2) is 5.65 Å². The molecule has 5 rings (SSSR count). The van der Waals surface area contributed by atoms with E-state index in [1.165, 1.54) is 11.2 Å². The number of amides is 2. The number of thioether (sulfide) groups is 1. The molecule has 2 aromatic heterocycles. The maximum Gasteiger partial charge on any atom is 0.263 e. The molecule has 0 saturated heterocycles. The summed E-state index contributed by atoms with van der Waals surface area (Å²) < 4.78 is 1.58. The van der Waals surface area contributed by atoms with Gasteiger partial charge in [-0.15, -0.1) is 0 Å². The van der Waals surface area contributed by atoms with Gasteiger partial charge in [-0.3, -0.25) is 14.4 Å². The predicted octanol–water partition coefficient (Wildman–Crippen LogP) is 2.96. The zero-order chi connectivity index (χ0) is 22.9. The van der Waals surface area contributed by atoms with Gasteiger partial charge in [0.05, 0.1) is 29.1 Å². The fraction of sp³-hybridized carbons (Fsp3) is 0.174. The molecular formula is C23H20N6O3S. The molecule has 2 amide bonds. The highest BCUT2D eigenvalue weighted by atomic mass is 32.2. The number of fused-ring (bicyclic) bond motifs is 2. The van der Waals surface area contributed by atoms with Crippen molar-refractivity contribution in [2.24, 2.45) is 0 Å². The number of hydrogen-bond acceptors (Lipinski definition) is 7. The van der Waals surface area contributed by atoms with Crippen molar-refractivity contribution in [2.45, 2.75) is 24.4 Å². The van der Waals surface area contributed by atoms with E-state index in [0.717, 1.165) is 23.1 Å². The van der Waals surface area contributed by atoms with Gasteiger partial charge < -0.3 is 10.3 Å². The molecule has 0 spiro atoms. The van der Waals surface area contributed by atoms with Crippen molar-refractivity contribution in [3.63, 3.8) is 0 Å². The Morgan fingerprint density at radius 3 is 2.70 bits per heavy atom.